The summed E-state index contributed by atoms with van der Waals surface area (Å²) in [6.45, 7) is 1.38. The van der Waals surface area contributed by atoms with Crippen molar-refractivity contribution in [2.24, 2.45) is 0 Å². The highest BCUT2D eigenvalue weighted by atomic mass is 16.5. The number of para-hydroxylation sites is 2. The van der Waals surface area contributed by atoms with Crippen LogP contribution < -0.4 is 36.9 Å². The van der Waals surface area contributed by atoms with Crippen LogP contribution in [0.1, 0.15) is 23.1 Å². The molecule has 0 saturated heterocycles. The molecule has 2 amide bonds. The van der Waals surface area contributed by atoms with Crippen molar-refractivity contribution < 1.29 is 14.3 Å². The number of benzene rings is 2. The number of amides is 2. The van der Waals surface area contributed by atoms with E-state index in [-0.39, 0.29) is 23.9 Å². The van der Waals surface area contributed by atoms with Crippen molar-refractivity contribution in [3.05, 3.63) is 79.6 Å². The summed E-state index contributed by atoms with van der Waals surface area (Å²) in [5, 5.41) is 5.58. The third kappa shape index (κ3) is 3.82. The molecule has 4 N–H and O–H groups in total. The Labute approximate surface area is 188 Å². The van der Waals surface area contributed by atoms with Gasteiger partial charge in [0.25, 0.3) is 16.8 Å². The second-order valence-corrected chi connectivity index (χ2v) is 8.27. The first kappa shape index (κ1) is 20.7. The zero-order chi connectivity index (χ0) is 23.1. The summed E-state index contributed by atoms with van der Waals surface area (Å²) in [5.74, 6) is -0.114. The SMILES string of the molecule is Nc1c(N2CCc3ccc(CNC(=O)CC4Oc5ccccc5NC4=O)cc3C2)c(=O)c1=O. The van der Waals surface area contributed by atoms with Crippen LogP contribution in [0, 0.1) is 0 Å². The number of carbonyl (C=O) groups excluding carboxylic acids is 2. The summed E-state index contributed by atoms with van der Waals surface area (Å²) in [6, 6.07) is 13.0. The number of nitrogens with one attached hydrogen (secondary N) is 2. The lowest BCUT2D eigenvalue weighted by atomic mass is 9.96. The zero-order valence-electron chi connectivity index (χ0n) is 17.7. The molecular formula is C24H22N4O5. The molecular weight excluding hydrogens is 424 g/mol. The lowest BCUT2D eigenvalue weighted by Gasteiger charge is -2.32. The van der Waals surface area contributed by atoms with Gasteiger partial charge in [-0.3, -0.25) is 19.2 Å². The Morgan fingerprint density at radius 1 is 1.12 bits per heavy atom. The fourth-order valence-electron chi connectivity index (χ4n) is 4.29. The number of anilines is 3. The van der Waals surface area contributed by atoms with Crippen molar-refractivity contribution >= 4 is 28.9 Å². The fourth-order valence-corrected chi connectivity index (χ4v) is 4.29. The first-order valence-corrected chi connectivity index (χ1v) is 10.7. The summed E-state index contributed by atoms with van der Waals surface area (Å²) < 4.78 is 5.67. The molecule has 168 valence electrons. The fraction of sp³-hybridized carbons (Fsp3) is 0.250. The Bertz CT molecular complexity index is 1340. The van der Waals surface area contributed by atoms with Crippen LogP contribution in [-0.4, -0.2) is 24.5 Å². The topological polar surface area (TPSA) is 131 Å². The van der Waals surface area contributed by atoms with Crippen LogP contribution in [0.4, 0.5) is 17.1 Å². The summed E-state index contributed by atoms with van der Waals surface area (Å²) in [5.41, 5.74) is 8.55. The van der Waals surface area contributed by atoms with Gasteiger partial charge in [0.2, 0.25) is 5.91 Å². The van der Waals surface area contributed by atoms with E-state index in [2.05, 4.69) is 10.6 Å². The van der Waals surface area contributed by atoms with E-state index < -0.39 is 17.0 Å². The van der Waals surface area contributed by atoms with Gasteiger partial charge in [0, 0.05) is 19.6 Å². The predicted octanol–water partition coefficient (Wildman–Crippen LogP) is 0.833. The smallest absolute Gasteiger partial charge is 0.266 e. The third-order valence-corrected chi connectivity index (χ3v) is 6.09. The largest absolute Gasteiger partial charge is 0.478 e. The highest BCUT2D eigenvalue weighted by Gasteiger charge is 2.30. The van der Waals surface area contributed by atoms with Crippen LogP contribution in [0.2, 0.25) is 0 Å². The average molecular weight is 446 g/mol. The van der Waals surface area contributed by atoms with Crippen molar-refractivity contribution in [3.63, 3.8) is 0 Å². The maximum absolute atomic E-state index is 12.5. The molecule has 3 aromatic rings. The van der Waals surface area contributed by atoms with Crippen LogP contribution in [-0.2, 0) is 29.1 Å². The van der Waals surface area contributed by atoms with Gasteiger partial charge in [-0.1, -0.05) is 30.3 Å². The van der Waals surface area contributed by atoms with E-state index in [9.17, 15) is 19.2 Å². The van der Waals surface area contributed by atoms with Crippen molar-refractivity contribution in [1.82, 2.24) is 5.32 Å². The van der Waals surface area contributed by atoms with Gasteiger partial charge in [0.1, 0.15) is 17.1 Å². The van der Waals surface area contributed by atoms with E-state index in [1.807, 2.05) is 23.1 Å². The van der Waals surface area contributed by atoms with Crippen LogP contribution in [0.3, 0.4) is 0 Å². The van der Waals surface area contributed by atoms with Crippen molar-refractivity contribution in [1.29, 1.82) is 0 Å². The molecule has 33 heavy (non-hydrogen) atoms. The Morgan fingerprint density at radius 2 is 1.94 bits per heavy atom. The van der Waals surface area contributed by atoms with E-state index in [4.69, 9.17) is 10.5 Å². The second kappa shape index (κ2) is 8.09. The number of carbonyl (C=O) groups is 2. The first-order chi connectivity index (χ1) is 15.9. The van der Waals surface area contributed by atoms with Crippen LogP contribution in [0.25, 0.3) is 0 Å². The van der Waals surface area contributed by atoms with Crippen molar-refractivity contribution in [2.75, 3.05) is 22.5 Å². The molecule has 0 radical (unpaired) electrons. The van der Waals surface area contributed by atoms with Crippen LogP contribution in [0.15, 0.2) is 52.1 Å². The third-order valence-electron chi connectivity index (χ3n) is 6.09. The monoisotopic (exact) mass is 446 g/mol. The highest BCUT2D eigenvalue weighted by Crippen LogP contribution is 2.30. The zero-order valence-corrected chi connectivity index (χ0v) is 17.7. The van der Waals surface area contributed by atoms with Gasteiger partial charge in [0.15, 0.2) is 6.10 Å². The predicted molar refractivity (Wildman–Crippen MR) is 123 cm³/mol. The molecule has 0 aromatic heterocycles. The maximum Gasteiger partial charge on any atom is 0.266 e. The highest BCUT2D eigenvalue weighted by molar-refractivity contribution is 5.99. The van der Waals surface area contributed by atoms with Crippen molar-refractivity contribution in [3.8, 4) is 5.75 Å². The summed E-state index contributed by atoms with van der Waals surface area (Å²) in [6.07, 6.45) is -0.253. The molecule has 2 aliphatic heterocycles. The number of fused-ring (bicyclic) bond motifs is 2. The van der Waals surface area contributed by atoms with Gasteiger partial charge in [-0.2, -0.15) is 0 Å². The van der Waals surface area contributed by atoms with E-state index in [1.54, 1.807) is 24.3 Å². The minimum Gasteiger partial charge on any atom is -0.478 e. The van der Waals surface area contributed by atoms with Gasteiger partial charge in [-0.05, 0) is 35.2 Å². The molecule has 9 heteroatoms. The molecule has 9 nitrogen and oxygen atoms in total. The number of hydrogen-bond donors (Lipinski definition) is 3. The molecule has 2 aliphatic rings. The Morgan fingerprint density at radius 3 is 2.76 bits per heavy atom. The number of ether oxygens (including phenoxy) is 1. The quantitative estimate of drug-likeness (QED) is 0.495. The number of nitrogens with two attached hydrogens (primary N) is 1. The van der Waals surface area contributed by atoms with Gasteiger partial charge in [-0.25, -0.2) is 0 Å². The molecule has 0 spiro atoms. The van der Waals surface area contributed by atoms with Gasteiger partial charge in [0.05, 0.1) is 12.1 Å². The molecule has 5 rings (SSSR count). The summed E-state index contributed by atoms with van der Waals surface area (Å²) in [4.78, 5) is 49.8. The molecule has 0 bridgehead atoms. The van der Waals surface area contributed by atoms with E-state index >= 15 is 0 Å². The summed E-state index contributed by atoms with van der Waals surface area (Å²) >= 11 is 0. The Hall–Kier alpha value is -4.14. The molecule has 3 aromatic carbocycles. The lowest BCUT2D eigenvalue weighted by molar-refractivity contribution is -0.130. The summed E-state index contributed by atoms with van der Waals surface area (Å²) in [7, 11) is 0. The van der Waals surface area contributed by atoms with E-state index in [1.165, 1.54) is 0 Å². The Kier molecular flexibility index (Phi) is 5.08. The molecule has 1 atom stereocenters. The number of rotatable bonds is 5. The minimum atomic E-state index is -0.890. The van der Waals surface area contributed by atoms with Gasteiger partial charge in [-0.15, -0.1) is 0 Å². The average Bonchev–Trinajstić information content (AvgIpc) is 2.83. The lowest BCUT2D eigenvalue weighted by Crippen LogP contribution is -2.44. The molecule has 1 unspecified atom stereocenters. The standard InChI is InChI=1S/C24H22N4O5/c25-20-21(23(31)22(20)30)28-8-7-14-6-5-13(9-15(14)12-28)11-26-19(29)10-18-24(32)27-16-3-1-2-4-17(16)33-18/h1-6,9,18H,7-8,10-12,25H2,(H,26,29)(H,27,32). The number of nitrogens with zero attached hydrogens (tertiary/aromatic N) is 1. The first-order valence-electron chi connectivity index (χ1n) is 10.7. The van der Waals surface area contributed by atoms with Gasteiger partial charge < -0.3 is 26.0 Å². The maximum atomic E-state index is 12.5. The Balaban J connectivity index is 1.20. The van der Waals surface area contributed by atoms with Gasteiger partial charge >= 0.3 is 0 Å². The molecule has 0 fully saturated rings. The molecule has 0 saturated carbocycles. The normalized spacial score (nSPS) is 17.0. The van der Waals surface area contributed by atoms with Crippen molar-refractivity contribution in [2.45, 2.75) is 32.0 Å². The second-order valence-electron chi connectivity index (χ2n) is 8.27. The minimum absolute atomic E-state index is 0.0310. The molecule has 2 heterocycles. The van der Waals surface area contributed by atoms with E-state index in [0.717, 1.165) is 23.1 Å². The number of hydrogen-bond acceptors (Lipinski definition) is 7. The molecule has 0 aliphatic carbocycles. The van der Waals surface area contributed by atoms with Crippen LogP contribution in [0.5, 0.6) is 5.75 Å². The van der Waals surface area contributed by atoms with Crippen LogP contribution >= 0.6 is 0 Å². The number of nitrogen functional groups attached to an aromatic ring is 1. The van der Waals surface area contributed by atoms with E-state index in [0.29, 0.717) is 36.8 Å².